The number of aryl methyl sites for hydroxylation is 2. The highest BCUT2D eigenvalue weighted by molar-refractivity contribution is 6.00. The molecule has 2 aromatic carbocycles. The fraction of sp³-hybridized carbons (Fsp3) is 0.292. The van der Waals surface area contributed by atoms with Gasteiger partial charge in [-0.05, 0) is 49.4 Å². The summed E-state index contributed by atoms with van der Waals surface area (Å²) in [6.45, 7) is 3.94. The van der Waals surface area contributed by atoms with Gasteiger partial charge in [0.15, 0.2) is 5.78 Å². The average Bonchev–Trinajstić information content (AvgIpc) is 3.12. The molecule has 1 aromatic heterocycles. The summed E-state index contributed by atoms with van der Waals surface area (Å²) in [5.41, 5.74) is 5.15. The van der Waals surface area contributed by atoms with E-state index in [2.05, 4.69) is 58.7 Å². The Morgan fingerprint density at radius 3 is 2.40 bits per heavy atom. The number of nitrogens with one attached hydrogen (secondary N) is 1. The van der Waals surface area contributed by atoms with Crippen LogP contribution in [0, 0.1) is 13.8 Å². The Labute approximate surface area is 175 Å². The Hall–Kier alpha value is -3.41. The van der Waals surface area contributed by atoms with Crippen molar-refractivity contribution in [3.8, 4) is 5.75 Å². The number of fused-ring (bicyclic) bond motifs is 1. The molecule has 5 rings (SSSR count). The second-order valence-electron chi connectivity index (χ2n) is 8.06. The highest BCUT2D eigenvalue weighted by Gasteiger charge is 2.39. The number of nitrogens with zero attached hydrogens (tertiary/aromatic N) is 3. The third-order valence-corrected chi connectivity index (χ3v) is 6.01. The van der Waals surface area contributed by atoms with Gasteiger partial charge in [-0.15, -0.1) is 0 Å². The monoisotopic (exact) mass is 400 g/mol. The molecule has 2 atom stereocenters. The van der Waals surface area contributed by atoms with E-state index < -0.39 is 0 Å². The van der Waals surface area contributed by atoms with Crippen LogP contribution < -0.4 is 10.1 Å². The summed E-state index contributed by atoms with van der Waals surface area (Å²) >= 11 is 0. The van der Waals surface area contributed by atoms with E-state index in [4.69, 9.17) is 4.74 Å². The minimum atomic E-state index is -0.248. The molecule has 30 heavy (non-hydrogen) atoms. The number of hydrogen-bond acceptors (Lipinski definition) is 5. The van der Waals surface area contributed by atoms with E-state index in [-0.39, 0.29) is 17.7 Å². The minimum absolute atomic E-state index is 0.129. The molecule has 6 heteroatoms. The predicted molar refractivity (Wildman–Crippen MR) is 115 cm³/mol. The molecule has 2 unspecified atom stereocenters. The molecule has 0 spiro atoms. The van der Waals surface area contributed by atoms with Crippen LogP contribution in [0.25, 0.3) is 0 Å². The average molecular weight is 400 g/mol. The number of carbonyl (C=O) groups is 1. The topological polar surface area (TPSA) is 69.0 Å². The van der Waals surface area contributed by atoms with Gasteiger partial charge in [0, 0.05) is 17.7 Å². The van der Waals surface area contributed by atoms with E-state index in [0.29, 0.717) is 18.2 Å². The molecule has 152 valence electrons. The molecule has 0 fully saturated rings. The molecule has 0 saturated carbocycles. The largest absolute Gasteiger partial charge is 0.497 e. The molecule has 1 N–H and O–H groups in total. The summed E-state index contributed by atoms with van der Waals surface area (Å²) < 4.78 is 7.12. The summed E-state index contributed by atoms with van der Waals surface area (Å²) in [4.78, 5) is 18.0. The number of ketones is 1. The van der Waals surface area contributed by atoms with Gasteiger partial charge in [-0.25, -0.2) is 4.68 Å². The van der Waals surface area contributed by atoms with Gasteiger partial charge in [-0.1, -0.05) is 42.0 Å². The van der Waals surface area contributed by atoms with Gasteiger partial charge >= 0.3 is 0 Å². The van der Waals surface area contributed by atoms with Crippen LogP contribution in [0.5, 0.6) is 5.75 Å². The van der Waals surface area contributed by atoms with Crippen molar-refractivity contribution in [2.75, 3.05) is 12.4 Å². The lowest BCUT2D eigenvalue weighted by atomic mass is 9.78. The van der Waals surface area contributed by atoms with Gasteiger partial charge in [0.1, 0.15) is 17.6 Å². The number of allylic oxidation sites excluding steroid dienone is 2. The van der Waals surface area contributed by atoms with Crippen LogP contribution in [0.3, 0.4) is 0 Å². The van der Waals surface area contributed by atoms with Crippen LogP contribution in [-0.4, -0.2) is 27.7 Å². The molecule has 0 radical (unpaired) electrons. The Bertz CT molecular complexity index is 1140. The molecule has 0 bridgehead atoms. The smallest absolute Gasteiger partial charge is 0.226 e. The van der Waals surface area contributed by atoms with Crippen LogP contribution in [0.15, 0.2) is 59.8 Å². The van der Waals surface area contributed by atoms with Crippen molar-refractivity contribution in [3.63, 3.8) is 0 Å². The maximum absolute atomic E-state index is 13.4. The molecule has 0 saturated heterocycles. The highest BCUT2D eigenvalue weighted by atomic mass is 16.5. The van der Waals surface area contributed by atoms with Crippen molar-refractivity contribution >= 4 is 11.7 Å². The number of ether oxygens (including phenoxy) is 1. The number of hydrogen-bond donors (Lipinski definition) is 1. The zero-order valence-corrected chi connectivity index (χ0v) is 17.3. The number of anilines is 1. The van der Waals surface area contributed by atoms with Gasteiger partial charge in [-0.2, -0.15) is 10.1 Å². The number of benzene rings is 2. The second-order valence-corrected chi connectivity index (χ2v) is 8.06. The second kappa shape index (κ2) is 7.13. The number of methoxy groups -OCH3 is 1. The van der Waals surface area contributed by atoms with Crippen molar-refractivity contribution in [3.05, 3.63) is 82.3 Å². The number of Topliss-reactive ketones (excluding diaryl/α,β-unsaturated/α-hetero) is 1. The van der Waals surface area contributed by atoms with E-state index >= 15 is 0 Å². The summed E-state index contributed by atoms with van der Waals surface area (Å²) in [7, 11) is 1.66. The van der Waals surface area contributed by atoms with Crippen LogP contribution in [0.1, 0.15) is 47.3 Å². The maximum Gasteiger partial charge on any atom is 0.226 e. The van der Waals surface area contributed by atoms with Crippen molar-refractivity contribution in [1.82, 2.24) is 14.8 Å². The van der Waals surface area contributed by atoms with Crippen LogP contribution in [0.2, 0.25) is 0 Å². The van der Waals surface area contributed by atoms with E-state index in [9.17, 15) is 4.79 Å². The Morgan fingerprint density at radius 2 is 1.70 bits per heavy atom. The zero-order valence-electron chi connectivity index (χ0n) is 17.3. The number of rotatable bonds is 3. The lowest BCUT2D eigenvalue weighted by Gasteiger charge is -2.35. The SMILES string of the molecule is COc1ccc(C2CC(=O)C3=C(C2)Nc2nc(C)nn2C3c2ccc(C)cc2)cc1. The van der Waals surface area contributed by atoms with Crippen molar-refractivity contribution < 1.29 is 9.53 Å². The first-order valence-corrected chi connectivity index (χ1v) is 10.2. The van der Waals surface area contributed by atoms with Gasteiger partial charge in [-0.3, -0.25) is 4.79 Å². The lowest BCUT2D eigenvalue weighted by Crippen LogP contribution is -2.33. The van der Waals surface area contributed by atoms with Gasteiger partial charge < -0.3 is 10.1 Å². The molecule has 2 aliphatic rings. The molecule has 6 nitrogen and oxygen atoms in total. The van der Waals surface area contributed by atoms with Crippen LogP contribution in [-0.2, 0) is 4.79 Å². The maximum atomic E-state index is 13.4. The molecule has 1 aliphatic carbocycles. The van der Waals surface area contributed by atoms with E-state index in [1.54, 1.807) is 7.11 Å². The molecule has 0 amide bonds. The van der Waals surface area contributed by atoms with Gasteiger partial charge in [0.05, 0.1) is 7.11 Å². The lowest BCUT2D eigenvalue weighted by molar-refractivity contribution is -0.116. The molecular formula is C24H24N4O2. The Balaban J connectivity index is 1.57. The fourth-order valence-electron chi connectivity index (χ4n) is 4.49. The molecule has 2 heterocycles. The Kier molecular flexibility index (Phi) is 4.42. The van der Waals surface area contributed by atoms with E-state index in [1.165, 1.54) is 5.56 Å². The first-order chi connectivity index (χ1) is 14.5. The van der Waals surface area contributed by atoms with Crippen LogP contribution in [0.4, 0.5) is 5.95 Å². The first kappa shape index (κ1) is 18.6. The van der Waals surface area contributed by atoms with E-state index in [0.717, 1.165) is 34.6 Å². The highest BCUT2D eigenvalue weighted by Crippen LogP contribution is 2.44. The first-order valence-electron chi connectivity index (χ1n) is 10.2. The summed E-state index contributed by atoms with van der Waals surface area (Å²) in [5, 5.41) is 8.00. The summed E-state index contributed by atoms with van der Waals surface area (Å²) in [5.74, 6) is 2.49. The van der Waals surface area contributed by atoms with Gasteiger partial charge in [0.2, 0.25) is 5.95 Å². The van der Waals surface area contributed by atoms with Crippen molar-refractivity contribution in [2.24, 2.45) is 0 Å². The third kappa shape index (κ3) is 3.09. The van der Waals surface area contributed by atoms with Crippen molar-refractivity contribution in [2.45, 2.75) is 38.6 Å². The van der Waals surface area contributed by atoms with Gasteiger partial charge in [0.25, 0.3) is 0 Å². The third-order valence-electron chi connectivity index (χ3n) is 6.01. The van der Waals surface area contributed by atoms with Crippen molar-refractivity contribution in [1.29, 1.82) is 0 Å². The zero-order chi connectivity index (χ0) is 20.8. The fourth-order valence-corrected chi connectivity index (χ4v) is 4.49. The summed E-state index contributed by atoms with van der Waals surface area (Å²) in [6, 6.07) is 16.1. The molecular weight excluding hydrogens is 376 g/mol. The number of aromatic nitrogens is 3. The minimum Gasteiger partial charge on any atom is -0.497 e. The summed E-state index contributed by atoms with van der Waals surface area (Å²) in [6.07, 6.45) is 1.25. The molecule has 3 aromatic rings. The van der Waals surface area contributed by atoms with E-state index in [1.807, 2.05) is 23.7 Å². The van der Waals surface area contributed by atoms with Crippen LogP contribution >= 0.6 is 0 Å². The normalized spacial score (nSPS) is 20.4. The standard InChI is InChI=1S/C24H24N4O2/c1-14-4-6-17(7-5-14)23-22-20(26-24-25-15(2)27-28(23)24)12-18(13-21(22)29)16-8-10-19(30-3)11-9-16/h4-11,18,23H,12-13H2,1-3H3,(H,25,26,27). The predicted octanol–water partition coefficient (Wildman–Crippen LogP) is 4.32. The quantitative estimate of drug-likeness (QED) is 0.709. The Morgan fingerprint density at radius 1 is 1.00 bits per heavy atom. The molecule has 1 aliphatic heterocycles. The number of carbonyl (C=O) groups excluding carboxylic acids is 1.